The third-order valence-corrected chi connectivity index (χ3v) is 4.15. The molecule has 0 unspecified atom stereocenters. The lowest BCUT2D eigenvalue weighted by Crippen LogP contribution is -2.17. The van der Waals surface area contributed by atoms with Crippen LogP contribution in [-0.2, 0) is 6.18 Å². The predicted molar refractivity (Wildman–Crippen MR) is 93.4 cm³/mol. The first-order chi connectivity index (χ1) is 11.7. The molecule has 0 saturated carbocycles. The second-order valence-electron chi connectivity index (χ2n) is 5.80. The Labute approximate surface area is 146 Å². The van der Waals surface area contributed by atoms with Crippen molar-refractivity contribution in [2.24, 2.45) is 0 Å². The zero-order chi connectivity index (χ0) is 18.2. The second kappa shape index (κ2) is 6.47. The number of hydrogen-bond acceptors (Lipinski definition) is 6. The van der Waals surface area contributed by atoms with Gasteiger partial charge in [0.1, 0.15) is 5.82 Å². The first-order valence-corrected chi connectivity index (χ1v) is 8.39. The van der Waals surface area contributed by atoms with Gasteiger partial charge >= 0.3 is 6.18 Å². The molecule has 0 aliphatic rings. The first-order valence-electron chi connectivity index (χ1n) is 7.58. The molecule has 5 nitrogen and oxygen atoms in total. The van der Waals surface area contributed by atoms with Crippen molar-refractivity contribution in [3.63, 3.8) is 0 Å². The van der Waals surface area contributed by atoms with Crippen molar-refractivity contribution in [1.82, 2.24) is 15.0 Å². The van der Waals surface area contributed by atoms with E-state index in [2.05, 4.69) is 25.6 Å². The van der Waals surface area contributed by atoms with Gasteiger partial charge in [-0.3, -0.25) is 0 Å². The Morgan fingerprint density at radius 1 is 1.08 bits per heavy atom. The maximum atomic E-state index is 13.1. The van der Waals surface area contributed by atoms with Crippen LogP contribution in [0.4, 0.5) is 30.6 Å². The van der Waals surface area contributed by atoms with Crippen LogP contribution in [-0.4, -0.2) is 21.0 Å². The van der Waals surface area contributed by atoms with E-state index in [0.29, 0.717) is 5.69 Å². The smallest absolute Gasteiger partial charge is 0.352 e. The molecule has 0 aliphatic heterocycles. The third kappa shape index (κ3) is 4.16. The topological polar surface area (TPSA) is 62.7 Å². The lowest BCUT2D eigenvalue weighted by Gasteiger charge is -2.14. The lowest BCUT2D eigenvalue weighted by atomic mass is 10.3. The van der Waals surface area contributed by atoms with Crippen LogP contribution in [0.5, 0.6) is 0 Å². The zero-order valence-electron chi connectivity index (χ0n) is 13.8. The van der Waals surface area contributed by atoms with Crippen LogP contribution >= 0.6 is 11.3 Å². The standard InChI is InChI=1S/C16H16F3N5S/c1-8(2)20-15-23-13(16(17,18)19)7-14(24-15)22-10-4-5-12-11(6-10)21-9(3)25-12/h4-8H,1-3H3,(H2,20,22,23,24). The summed E-state index contributed by atoms with van der Waals surface area (Å²) < 4.78 is 40.3. The highest BCUT2D eigenvalue weighted by molar-refractivity contribution is 7.18. The molecule has 0 amide bonds. The molecule has 9 heteroatoms. The van der Waals surface area contributed by atoms with Gasteiger partial charge in [-0.25, -0.2) is 9.97 Å². The highest BCUT2D eigenvalue weighted by atomic mass is 32.1. The minimum atomic E-state index is -4.55. The van der Waals surface area contributed by atoms with Crippen LogP contribution in [0.15, 0.2) is 24.3 Å². The fraction of sp³-hybridized carbons (Fsp3) is 0.312. The maximum Gasteiger partial charge on any atom is 0.433 e. The van der Waals surface area contributed by atoms with E-state index in [1.807, 2.05) is 13.0 Å². The molecule has 0 atom stereocenters. The summed E-state index contributed by atoms with van der Waals surface area (Å²) in [5.41, 5.74) is 0.400. The fourth-order valence-corrected chi connectivity index (χ4v) is 3.05. The molecule has 25 heavy (non-hydrogen) atoms. The molecule has 2 N–H and O–H groups in total. The average molecular weight is 367 g/mol. The van der Waals surface area contributed by atoms with Crippen molar-refractivity contribution in [3.05, 3.63) is 35.0 Å². The van der Waals surface area contributed by atoms with Crippen LogP contribution < -0.4 is 10.6 Å². The van der Waals surface area contributed by atoms with Gasteiger partial charge in [0.15, 0.2) is 5.69 Å². The molecule has 0 saturated heterocycles. The van der Waals surface area contributed by atoms with Gasteiger partial charge in [0, 0.05) is 17.8 Å². The van der Waals surface area contributed by atoms with E-state index in [1.54, 1.807) is 37.3 Å². The summed E-state index contributed by atoms with van der Waals surface area (Å²) in [6.45, 7) is 5.51. The van der Waals surface area contributed by atoms with Gasteiger partial charge in [0.2, 0.25) is 5.95 Å². The summed E-state index contributed by atoms with van der Waals surface area (Å²) in [5.74, 6) is -0.00492. The van der Waals surface area contributed by atoms with E-state index in [0.717, 1.165) is 21.3 Å². The molecule has 0 spiro atoms. The number of rotatable bonds is 4. The summed E-state index contributed by atoms with van der Waals surface area (Å²) in [6.07, 6.45) is -4.55. The number of fused-ring (bicyclic) bond motifs is 1. The van der Waals surface area contributed by atoms with Gasteiger partial charge in [0.05, 0.1) is 15.2 Å². The number of nitrogens with one attached hydrogen (secondary N) is 2. The van der Waals surface area contributed by atoms with Gasteiger partial charge in [-0.15, -0.1) is 11.3 Å². The van der Waals surface area contributed by atoms with Crippen LogP contribution in [0, 0.1) is 6.92 Å². The van der Waals surface area contributed by atoms with Crippen molar-refractivity contribution < 1.29 is 13.2 Å². The van der Waals surface area contributed by atoms with E-state index in [4.69, 9.17) is 0 Å². The summed E-state index contributed by atoms with van der Waals surface area (Å²) in [5, 5.41) is 6.64. The van der Waals surface area contributed by atoms with E-state index >= 15 is 0 Å². The number of anilines is 3. The summed E-state index contributed by atoms with van der Waals surface area (Å²) in [4.78, 5) is 12.0. The Kier molecular flexibility index (Phi) is 4.51. The van der Waals surface area contributed by atoms with E-state index < -0.39 is 11.9 Å². The number of benzene rings is 1. The number of nitrogens with zero attached hydrogens (tertiary/aromatic N) is 3. The number of hydrogen-bond donors (Lipinski definition) is 2. The van der Waals surface area contributed by atoms with Gasteiger partial charge < -0.3 is 10.6 Å². The molecule has 0 fully saturated rings. The monoisotopic (exact) mass is 367 g/mol. The van der Waals surface area contributed by atoms with Crippen LogP contribution in [0.25, 0.3) is 10.2 Å². The highest BCUT2D eigenvalue weighted by Gasteiger charge is 2.33. The number of aryl methyl sites for hydroxylation is 1. The molecule has 0 radical (unpaired) electrons. The van der Waals surface area contributed by atoms with Gasteiger partial charge in [-0.05, 0) is 39.0 Å². The predicted octanol–water partition coefficient (Wildman–Crippen LogP) is 4.98. The van der Waals surface area contributed by atoms with Crippen LogP contribution in [0.2, 0.25) is 0 Å². The van der Waals surface area contributed by atoms with E-state index in [9.17, 15) is 13.2 Å². The molecule has 3 aromatic rings. The minimum Gasteiger partial charge on any atom is -0.352 e. The lowest BCUT2D eigenvalue weighted by molar-refractivity contribution is -0.141. The number of halogens is 3. The molecule has 2 aromatic heterocycles. The summed E-state index contributed by atoms with van der Waals surface area (Å²) >= 11 is 1.56. The molecular weight excluding hydrogens is 351 g/mol. The number of thiazole rings is 1. The largest absolute Gasteiger partial charge is 0.433 e. The first kappa shape index (κ1) is 17.4. The SMILES string of the molecule is Cc1nc2cc(Nc3cc(C(F)(F)F)nc(NC(C)C)n3)ccc2s1. The van der Waals surface area contributed by atoms with Crippen molar-refractivity contribution in [3.8, 4) is 0 Å². The molecule has 132 valence electrons. The van der Waals surface area contributed by atoms with Crippen molar-refractivity contribution >= 4 is 39.0 Å². The quantitative estimate of drug-likeness (QED) is 0.681. The molecule has 3 rings (SSSR count). The number of alkyl halides is 3. The molecular formula is C16H16F3N5S. The molecule has 0 aliphatic carbocycles. The molecule has 0 bridgehead atoms. The Bertz CT molecular complexity index is 904. The van der Waals surface area contributed by atoms with E-state index in [1.165, 1.54) is 0 Å². The van der Waals surface area contributed by atoms with Crippen molar-refractivity contribution in [2.75, 3.05) is 10.6 Å². The molecule has 2 heterocycles. The Hall–Kier alpha value is -2.42. The summed E-state index contributed by atoms with van der Waals surface area (Å²) in [6, 6.07) is 6.24. The Morgan fingerprint density at radius 3 is 2.52 bits per heavy atom. The van der Waals surface area contributed by atoms with Crippen LogP contribution in [0.1, 0.15) is 24.5 Å². The van der Waals surface area contributed by atoms with Gasteiger partial charge in [0.25, 0.3) is 0 Å². The highest BCUT2D eigenvalue weighted by Crippen LogP contribution is 2.31. The number of aromatic nitrogens is 3. The average Bonchev–Trinajstić information content (AvgIpc) is 2.84. The maximum absolute atomic E-state index is 13.1. The molecule has 1 aromatic carbocycles. The van der Waals surface area contributed by atoms with Crippen molar-refractivity contribution in [1.29, 1.82) is 0 Å². The Morgan fingerprint density at radius 2 is 1.84 bits per heavy atom. The van der Waals surface area contributed by atoms with Gasteiger partial charge in [-0.2, -0.15) is 18.2 Å². The normalized spacial score (nSPS) is 12.0. The third-order valence-electron chi connectivity index (χ3n) is 3.20. The fourth-order valence-electron chi connectivity index (χ4n) is 2.25. The Balaban J connectivity index is 1.96. The second-order valence-corrected chi connectivity index (χ2v) is 7.03. The van der Waals surface area contributed by atoms with E-state index in [-0.39, 0.29) is 17.8 Å². The van der Waals surface area contributed by atoms with Crippen molar-refractivity contribution in [2.45, 2.75) is 33.0 Å². The summed E-state index contributed by atoms with van der Waals surface area (Å²) in [7, 11) is 0. The minimum absolute atomic E-state index is 0.0665. The van der Waals surface area contributed by atoms with Gasteiger partial charge in [-0.1, -0.05) is 0 Å². The zero-order valence-corrected chi connectivity index (χ0v) is 14.6. The van der Waals surface area contributed by atoms with Crippen LogP contribution in [0.3, 0.4) is 0 Å².